The number of aliphatic hydroxyl groups is 1. The van der Waals surface area contributed by atoms with Gasteiger partial charge in [0.15, 0.2) is 0 Å². The average Bonchev–Trinajstić information content (AvgIpc) is 2.41. The van der Waals surface area contributed by atoms with Crippen LogP contribution in [0.5, 0.6) is 0 Å². The molecule has 0 radical (unpaired) electrons. The molecular weight excluding hydrogens is 276 g/mol. The molecule has 1 rings (SSSR count). The molecule has 0 amide bonds. The van der Waals surface area contributed by atoms with Crippen LogP contribution in [-0.4, -0.2) is 40.6 Å². The van der Waals surface area contributed by atoms with Crippen molar-refractivity contribution in [3.8, 4) is 0 Å². The second kappa shape index (κ2) is 7.28. The highest BCUT2D eigenvalue weighted by Gasteiger charge is 2.16. The van der Waals surface area contributed by atoms with Gasteiger partial charge in [0.1, 0.15) is 11.5 Å². The molecule has 0 aliphatic heterocycles. The van der Waals surface area contributed by atoms with Crippen molar-refractivity contribution in [1.82, 2.24) is 9.13 Å². The summed E-state index contributed by atoms with van der Waals surface area (Å²) in [5.41, 5.74) is 5.09. The summed E-state index contributed by atoms with van der Waals surface area (Å²) in [6, 6.07) is 0. The zero-order valence-electron chi connectivity index (χ0n) is 12.9. The third-order valence-corrected chi connectivity index (χ3v) is 3.00. The second-order valence-corrected chi connectivity index (χ2v) is 5.40. The average molecular weight is 300 g/mol. The molecule has 0 saturated carbocycles. The lowest BCUT2D eigenvalue weighted by molar-refractivity contribution is 0.0727. The van der Waals surface area contributed by atoms with E-state index in [2.05, 4.69) is 5.32 Å². The van der Waals surface area contributed by atoms with Crippen molar-refractivity contribution in [1.29, 1.82) is 0 Å². The van der Waals surface area contributed by atoms with Gasteiger partial charge in [-0.1, -0.05) is 13.8 Å². The van der Waals surface area contributed by atoms with E-state index >= 15 is 0 Å². The van der Waals surface area contributed by atoms with Gasteiger partial charge in [0.2, 0.25) is 0 Å². The van der Waals surface area contributed by atoms with Gasteiger partial charge in [-0.25, -0.2) is 4.79 Å². The molecule has 0 fully saturated rings. The van der Waals surface area contributed by atoms with Crippen LogP contribution in [0.2, 0.25) is 0 Å². The standard InChI is InChI=1S/C13H24N4O4/c1-8(2)6-17-11(14)10(12(19)16(3)13(17)20)15-5-9(18)7-21-4/h8-9,15,18H,5-7,14H2,1-4H3. The van der Waals surface area contributed by atoms with Crippen LogP contribution in [0.1, 0.15) is 13.8 Å². The number of methoxy groups -OCH3 is 1. The van der Waals surface area contributed by atoms with Gasteiger partial charge in [-0.05, 0) is 5.92 Å². The molecule has 1 aromatic rings. The number of nitrogens with zero attached hydrogens (tertiary/aromatic N) is 2. The highest BCUT2D eigenvalue weighted by molar-refractivity contribution is 5.60. The third kappa shape index (κ3) is 4.08. The molecule has 120 valence electrons. The van der Waals surface area contributed by atoms with Gasteiger partial charge in [-0.2, -0.15) is 0 Å². The molecule has 0 bridgehead atoms. The fourth-order valence-electron chi connectivity index (χ4n) is 1.96. The van der Waals surface area contributed by atoms with Crippen molar-refractivity contribution in [2.24, 2.45) is 13.0 Å². The summed E-state index contributed by atoms with van der Waals surface area (Å²) in [5.74, 6) is 0.288. The molecule has 1 atom stereocenters. The van der Waals surface area contributed by atoms with Crippen LogP contribution >= 0.6 is 0 Å². The molecule has 0 aliphatic carbocycles. The monoisotopic (exact) mass is 300 g/mol. The van der Waals surface area contributed by atoms with Gasteiger partial charge in [-0.3, -0.25) is 13.9 Å². The number of aliphatic hydroxyl groups excluding tert-OH is 1. The molecule has 21 heavy (non-hydrogen) atoms. The largest absolute Gasteiger partial charge is 0.389 e. The number of nitrogen functional groups attached to an aromatic ring is 1. The van der Waals surface area contributed by atoms with Crippen molar-refractivity contribution >= 4 is 11.5 Å². The molecule has 0 aromatic carbocycles. The summed E-state index contributed by atoms with van der Waals surface area (Å²) in [6.45, 7) is 4.55. The Balaban J connectivity index is 3.17. The minimum atomic E-state index is -0.774. The van der Waals surface area contributed by atoms with Gasteiger partial charge in [-0.15, -0.1) is 0 Å². The van der Waals surface area contributed by atoms with Crippen molar-refractivity contribution in [2.75, 3.05) is 31.3 Å². The summed E-state index contributed by atoms with van der Waals surface area (Å²) >= 11 is 0. The predicted octanol–water partition coefficient (Wildman–Crippen LogP) is -0.796. The lowest BCUT2D eigenvalue weighted by atomic mass is 10.2. The first kappa shape index (κ1) is 17.3. The maximum absolute atomic E-state index is 12.1. The number of nitrogens with one attached hydrogen (secondary N) is 1. The van der Waals surface area contributed by atoms with Crippen LogP contribution in [0.4, 0.5) is 11.5 Å². The summed E-state index contributed by atoms with van der Waals surface area (Å²) in [4.78, 5) is 24.2. The Kier molecular flexibility index (Phi) is 5.98. The maximum atomic E-state index is 12.1. The minimum absolute atomic E-state index is 0.0846. The molecule has 1 aromatic heterocycles. The summed E-state index contributed by atoms with van der Waals surface area (Å²) in [6.07, 6.45) is -0.774. The predicted molar refractivity (Wildman–Crippen MR) is 81.6 cm³/mol. The molecule has 8 heteroatoms. The van der Waals surface area contributed by atoms with Crippen molar-refractivity contribution < 1.29 is 9.84 Å². The Morgan fingerprint density at radius 3 is 2.52 bits per heavy atom. The van der Waals surface area contributed by atoms with Gasteiger partial charge in [0, 0.05) is 27.2 Å². The van der Waals surface area contributed by atoms with Crippen LogP contribution < -0.4 is 22.3 Å². The van der Waals surface area contributed by atoms with Crippen LogP contribution in [-0.2, 0) is 18.3 Å². The molecule has 1 heterocycles. The van der Waals surface area contributed by atoms with E-state index in [4.69, 9.17) is 10.5 Å². The van der Waals surface area contributed by atoms with Crippen molar-refractivity contribution in [3.63, 3.8) is 0 Å². The molecular formula is C13H24N4O4. The lowest BCUT2D eigenvalue weighted by Gasteiger charge is -2.18. The first-order valence-electron chi connectivity index (χ1n) is 6.79. The molecule has 0 saturated heterocycles. The summed E-state index contributed by atoms with van der Waals surface area (Å²) < 4.78 is 7.17. The fourth-order valence-corrected chi connectivity index (χ4v) is 1.96. The molecule has 1 unspecified atom stereocenters. The molecule has 8 nitrogen and oxygen atoms in total. The van der Waals surface area contributed by atoms with E-state index in [1.807, 2.05) is 13.8 Å². The van der Waals surface area contributed by atoms with Gasteiger partial charge in [0.25, 0.3) is 5.56 Å². The highest BCUT2D eigenvalue weighted by atomic mass is 16.5. The van der Waals surface area contributed by atoms with Crippen LogP contribution in [0, 0.1) is 5.92 Å². The number of nitrogens with two attached hydrogens (primary N) is 1. The normalized spacial score (nSPS) is 12.7. The Bertz CT molecular complexity index is 591. The quantitative estimate of drug-likeness (QED) is 0.608. The van der Waals surface area contributed by atoms with E-state index in [1.165, 1.54) is 18.7 Å². The van der Waals surface area contributed by atoms with Gasteiger partial charge < -0.3 is 20.9 Å². The smallest absolute Gasteiger partial charge is 0.332 e. The zero-order chi connectivity index (χ0) is 16.2. The Hall–Kier alpha value is -1.80. The minimum Gasteiger partial charge on any atom is -0.389 e. The Morgan fingerprint density at radius 2 is 2.00 bits per heavy atom. The first-order valence-corrected chi connectivity index (χ1v) is 6.79. The first-order chi connectivity index (χ1) is 9.79. The van der Waals surface area contributed by atoms with Crippen molar-refractivity contribution in [2.45, 2.75) is 26.5 Å². The SMILES string of the molecule is COCC(O)CNc1c(N)n(CC(C)C)c(=O)n(C)c1=O. The summed E-state index contributed by atoms with van der Waals surface area (Å²) in [5, 5.41) is 12.4. The van der Waals surface area contributed by atoms with E-state index in [0.29, 0.717) is 6.54 Å². The van der Waals surface area contributed by atoms with Crippen molar-refractivity contribution in [3.05, 3.63) is 20.8 Å². The van der Waals surface area contributed by atoms with E-state index in [0.717, 1.165) is 4.57 Å². The van der Waals surface area contributed by atoms with E-state index in [-0.39, 0.29) is 30.6 Å². The number of ether oxygens (including phenoxy) is 1. The number of anilines is 2. The maximum Gasteiger partial charge on any atom is 0.332 e. The van der Waals surface area contributed by atoms with Crippen LogP contribution in [0.15, 0.2) is 9.59 Å². The fraction of sp³-hybridized carbons (Fsp3) is 0.692. The lowest BCUT2D eigenvalue weighted by Crippen LogP contribution is -2.42. The second-order valence-electron chi connectivity index (χ2n) is 5.40. The topological polar surface area (TPSA) is 112 Å². The van der Waals surface area contributed by atoms with Crippen LogP contribution in [0.3, 0.4) is 0 Å². The number of hydrogen-bond donors (Lipinski definition) is 3. The highest BCUT2D eigenvalue weighted by Crippen LogP contribution is 2.12. The molecule has 4 N–H and O–H groups in total. The van der Waals surface area contributed by atoms with E-state index in [9.17, 15) is 14.7 Å². The summed E-state index contributed by atoms with van der Waals surface area (Å²) in [7, 11) is 2.87. The van der Waals surface area contributed by atoms with E-state index in [1.54, 1.807) is 0 Å². The number of aromatic nitrogens is 2. The van der Waals surface area contributed by atoms with Gasteiger partial charge in [0.05, 0.1) is 12.7 Å². The van der Waals surface area contributed by atoms with E-state index < -0.39 is 17.4 Å². The number of hydrogen-bond acceptors (Lipinski definition) is 6. The molecule has 0 aliphatic rings. The molecule has 0 spiro atoms. The zero-order valence-corrected chi connectivity index (χ0v) is 12.9. The third-order valence-electron chi connectivity index (χ3n) is 3.00. The van der Waals surface area contributed by atoms with Crippen LogP contribution in [0.25, 0.3) is 0 Å². The Labute approximate surface area is 123 Å². The Morgan fingerprint density at radius 1 is 1.38 bits per heavy atom. The van der Waals surface area contributed by atoms with Gasteiger partial charge >= 0.3 is 5.69 Å². The number of rotatable bonds is 7.